The number of imide groups is 1. The highest BCUT2D eigenvalue weighted by molar-refractivity contribution is 6.02. The molecule has 0 radical (unpaired) electrons. The molecule has 1 saturated heterocycles. The number of rotatable bonds is 7. The van der Waals surface area contributed by atoms with Crippen molar-refractivity contribution in [1.29, 1.82) is 0 Å². The van der Waals surface area contributed by atoms with Crippen molar-refractivity contribution >= 4 is 17.8 Å². The van der Waals surface area contributed by atoms with Crippen LogP contribution in [0.2, 0.25) is 0 Å². The van der Waals surface area contributed by atoms with Crippen molar-refractivity contribution in [3.8, 4) is 0 Å². The van der Waals surface area contributed by atoms with Crippen LogP contribution in [-0.2, 0) is 17.9 Å². The Morgan fingerprint density at radius 1 is 1.28 bits per heavy atom. The summed E-state index contributed by atoms with van der Waals surface area (Å²) in [5.41, 5.74) is 1.11. The predicted molar refractivity (Wildman–Crippen MR) is 89.6 cm³/mol. The summed E-state index contributed by atoms with van der Waals surface area (Å²) in [5.74, 6) is -0.506. The molecule has 1 aromatic heterocycles. The molecule has 130 valence electrons. The van der Waals surface area contributed by atoms with Crippen molar-refractivity contribution in [3.63, 3.8) is 0 Å². The summed E-state index contributed by atoms with van der Waals surface area (Å²) < 4.78 is 1.94. The Hall–Kier alpha value is -3.16. The zero-order chi connectivity index (χ0) is 17.6. The van der Waals surface area contributed by atoms with Crippen LogP contribution in [0.3, 0.4) is 0 Å². The van der Waals surface area contributed by atoms with Crippen LogP contribution >= 0.6 is 0 Å². The minimum Gasteiger partial charge on any atom is -0.352 e. The van der Waals surface area contributed by atoms with E-state index in [1.54, 1.807) is 36.8 Å². The predicted octanol–water partition coefficient (Wildman–Crippen LogP) is 0.755. The molecule has 25 heavy (non-hydrogen) atoms. The second-order valence-electron chi connectivity index (χ2n) is 5.71. The molecule has 0 atom stereocenters. The first-order valence-electron chi connectivity index (χ1n) is 8.05. The van der Waals surface area contributed by atoms with Gasteiger partial charge in [-0.25, -0.2) is 9.78 Å². The second-order valence-corrected chi connectivity index (χ2v) is 5.71. The Balaban J connectivity index is 1.58. The van der Waals surface area contributed by atoms with Crippen LogP contribution in [0.25, 0.3) is 0 Å². The zero-order valence-corrected chi connectivity index (χ0v) is 13.6. The van der Waals surface area contributed by atoms with Gasteiger partial charge < -0.3 is 15.2 Å². The van der Waals surface area contributed by atoms with Gasteiger partial charge in [0.05, 0.1) is 19.4 Å². The first-order valence-corrected chi connectivity index (χ1v) is 8.05. The van der Waals surface area contributed by atoms with Crippen LogP contribution in [0.4, 0.5) is 4.79 Å². The number of aryl methyl sites for hydroxylation is 1. The number of nitrogens with one attached hydrogen (secondary N) is 2. The lowest BCUT2D eigenvalue weighted by Gasteiger charge is -2.15. The maximum Gasteiger partial charge on any atom is 0.324 e. The van der Waals surface area contributed by atoms with E-state index in [1.807, 2.05) is 10.8 Å². The highest BCUT2D eigenvalue weighted by atomic mass is 16.2. The Morgan fingerprint density at radius 3 is 2.84 bits per heavy atom. The van der Waals surface area contributed by atoms with E-state index in [1.165, 1.54) is 0 Å². The van der Waals surface area contributed by atoms with Crippen molar-refractivity contribution in [2.24, 2.45) is 0 Å². The highest BCUT2D eigenvalue weighted by Crippen LogP contribution is 2.14. The van der Waals surface area contributed by atoms with Crippen LogP contribution in [0.15, 0.2) is 43.0 Å². The maximum atomic E-state index is 12.4. The Morgan fingerprint density at radius 2 is 2.12 bits per heavy atom. The van der Waals surface area contributed by atoms with E-state index in [4.69, 9.17) is 0 Å². The lowest BCUT2D eigenvalue weighted by Crippen LogP contribution is -2.32. The number of nitrogens with zero attached hydrogens (tertiary/aromatic N) is 3. The van der Waals surface area contributed by atoms with Crippen LogP contribution in [0, 0.1) is 0 Å². The van der Waals surface area contributed by atoms with E-state index in [2.05, 4.69) is 15.6 Å². The Kier molecular flexibility index (Phi) is 5.08. The Labute approximate surface area is 144 Å². The van der Waals surface area contributed by atoms with Gasteiger partial charge in [0.2, 0.25) is 5.91 Å². The number of hydrogen-bond acceptors (Lipinski definition) is 4. The zero-order valence-electron chi connectivity index (χ0n) is 13.6. The molecule has 2 aromatic rings. The molecule has 0 spiro atoms. The standard InChI is InChI=1S/C17H19N5O3/c23-15-10-20-17(25)22(15)11-13-4-1-2-5-14(13)16(24)19-6-3-8-21-9-7-18-12-21/h1-2,4-5,7,9,12H,3,6,8,10-11H2,(H,19,24)(H,20,25). The fourth-order valence-corrected chi connectivity index (χ4v) is 2.64. The molecular formula is C17H19N5O3. The molecule has 3 rings (SSSR count). The van der Waals surface area contributed by atoms with Gasteiger partial charge in [-0.05, 0) is 18.1 Å². The number of benzene rings is 1. The SMILES string of the molecule is O=C(NCCCn1ccnc1)c1ccccc1CN1C(=O)CNC1=O. The quantitative estimate of drug-likeness (QED) is 0.574. The van der Waals surface area contributed by atoms with Gasteiger partial charge in [-0.15, -0.1) is 0 Å². The van der Waals surface area contributed by atoms with E-state index in [0.29, 0.717) is 17.7 Å². The van der Waals surface area contributed by atoms with E-state index < -0.39 is 6.03 Å². The number of carbonyl (C=O) groups is 3. The second kappa shape index (κ2) is 7.61. The lowest BCUT2D eigenvalue weighted by molar-refractivity contribution is -0.125. The number of urea groups is 1. The van der Waals surface area contributed by atoms with Gasteiger partial charge in [-0.1, -0.05) is 18.2 Å². The van der Waals surface area contributed by atoms with E-state index in [-0.39, 0.29) is 24.9 Å². The number of hydrogen-bond donors (Lipinski definition) is 2. The van der Waals surface area contributed by atoms with Gasteiger partial charge in [0.25, 0.3) is 5.91 Å². The van der Waals surface area contributed by atoms with Crippen LogP contribution in [0.5, 0.6) is 0 Å². The van der Waals surface area contributed by atoms with E-state index in [9.17, 15) is 14.4 Å². The third-order valence-corrected chi connectivity index (χ3v) is 3.97. The molecule has 1 aromatic carbocycles. The molecule has 8 nitrogen and oxygen atoms in total. The molecule has 2 N–H and O–H groups in total. The first kappa shape index (κ1) is 16.7. The summed E-state index contributed by atoms with van der Waals surface area (Å²) >= 11 is 0. The molecule has 0 bridgehead atoms. The van der Waals surface area contributed by atoms with E-state index in [0.717, 1.165) is 17.9 Å². The normalized spacial score (nSPS) is 13.8. The van der Waals surface area contributed by atoms with Crippen LogP contribution in [0.1, 0.15) is 22.3 Å². The minimum atomic E-state index is -0.430. The van der Waals surface area contributed by atoms with Crippen molar-refractivity contribution in [3.05, 3.63) is 54.1 Å². The lowest BCUT2D eigenvalue weighted by atomic mass is 10.1. The first-order chi connectivity index (χ1) is 12.1. The largest absolute Gasteiger partial charge is 0.352 e. The summed E-state index contributed by atoms with van der Waals surface area (Å²) in [6.45, 7) is 1.38. The van der Waals surface area contributed by atoms with Gasteiger partial charge in [0.15, 0.2) is 0 Å². The molecule has 1 aliphatic rings. The summed E-state index contributed by atoms with van der Waals surface area (Å²) in [5, 5.41) is 5.35. The smallest absolute Gasteiger partial charge is 0.324 e. The molecule has 2 heterocycles. The van der Waals surface area contributed by atoms with Gasteiger partial charge in [0, 0.05) is 31.0 Å². The van der Waals surface area contributed by atoms with Gasteiger partial charge in [0.1, 0.15) is 0 Å². The molecule has 1 fully saturated rings. The average molecular weight is 341 g/mol. The Bertz CT molecular complexity index is 756. The molecule has 0 saturated carbocycles. The highest BCUT2D eigenvalue weighted by Gasteiger charge is 2.29. The van der Waals surface area contributed by atoms with Gasteiger partial charge in [-0.3, -0.25) is 14.5 Å². The number of aromatic nitrogens is 2. The fraction of sp³-hybridized carbons (Fsp3) is 0.294. The number of carbonyl (C=O) groups excluding carboxylic acids is 3. The van der Waals surface area contributed by atoms with E-state index >= 15 is 0 Å². The van der Waals surface area contributed by atoms with Crippen molar-refractivity contribution in [2.75, 3.05) is 13.1 Å². The van der Waals surface area contributed by atoms with Crippen molar-refractivity contribution < 1.29 is 14.4 Å². The molecule has 1 aliphatic heterocycles. The van der Waals surface area contributed by atoms with Gasteiger partial charge in [-0.2, -0.15) is 0 Å². The third kappa shape index (κ3) is 4.03. The third-order valence-electron chi connectivity index (χ3n) is 3.97. The number of imidazole rings is 1. The minimum absolute atomic E-state index is 0.00143. The number of amides is 4. The summed E-state index contributed by atoms with van der Waals surface area (Å²) in [4.78, 5) is 40.9. The molecule has 4 amide bonds. The molecule has 8 heteroatoms. The monoisotopic (exact) mass is 341 g/mol. The topological polar surface area (TPSA) is 96.3 Å². The van der Waals surface area contributed by atoms with Crippen LogP contribution in [-0.4, -0.2) is 45.4 Å². The van der Waals surface area contributed by atoms with Crippen molar-refractivity contribution in [1.82, 2.24) is 25.1 Å². The summed E-state index contributed by atoms with van der Waals surface area (Å²) in [6.07, 6.45) is 6.09. The molecular weight excluding hydrogens is 322 g/mol. The fourth-order valence-electron chi connectivity index (χ4n) is 2.64. The summed E-state index contributed by atoms with van der Waals surface area (Å²) in [7, 11) is 0. The molecule has 0 aliphatic carbocycles. The van der Waals surface area contributed by atoms with Crippen molar-refractivity contribution in [2.45, 2.75) is 19.5 Å². The average Bonchev–Trinajstić information content (AvgIpc) is 3.24. The van der Waals surface area contributed by atoms with Crippen LogP contribution < -0.4 is 10.6 Å². The molecule has 0 unspecified atom stereocenters. The summed E-state index contributed by atoms with van der Waals surface area (Å²) in [6, 6.07) is 6.55. The maximum absolute atomic E-state index is 12.4. The van der Waals surface area contributed by atoms with Gasteiger partial charge >= 0.3 is 6.03 Å².